The largest absolute Gasteiger partial charge is 0.496 e. The molecule has 0 N–H and O–H groups in total. The number of rotatable bonds is 6. The van der Waals surface area contributed by atoms with Crippen LogP contribution in [0.25, 0.3) is 0 Å². The zero-order valence-corrected chi connectivity index (χ0v) is 15.5. The van der Waals surface area contributed by atoms with E-state index in [1.165, 1.54) is 5.56 Å². The number of carbonyl (C=O) groups excluding carboxylic acids is 1. The average Bonchev–Trinajstić information content (AvgIpc) is 2.65. The van der Waals surface area contributed by atoms with E-state index in [-0.39, 0.29) is 5.41 Å². The normalized spacial score (nSPS) is 20.9. The van der Waals surface area contributed by atoms with E-state index in [1.54, 1.807) is 14.2 Å². The van der Waals surface area contributed by atoms with Crippen LogP contribution in [0.2, 0.25) is 0 Å². The van der Waals surface area contributed by atoms with Crippen molar-refractivity contribution >= 4 is 5.91 Å². The summed E-state index contributed by atoms with van der Waals surface area (Å²) in [7, 11) is 3.42. The number of likely N-dealkylation sites (tertiary alicyclic amines) is 2. The van der Waals surface area contributed by atoms with Gasteiger partial charge in [-0.1, -0.05) is 18.2 Å². The quantitative estimate of drug-likeness (QED) is 0.794. The van der Waals surface area contributed by atoms with Gasteiger partial charge < -0.3 is 14.4 Å². The molecule has 0 radical (unpaired) electrons. The van der Waals surface area contributed by atoms with Gasteiger partial charge in [-0.2, -0.15) is 0 Å². The van der Waals surface area contributed by atoms with Crippen molar-refractivity contribution in [2.24, 2.45) is 5.41 Å². The van der Waals surface area contributed by atoms with E-state index in [0.29, 0.717) is 12.5 Å². The minimum Gasteiger partial charge on any atom is -0.496 e. The summed E-state index contributed by atoms with van der Waals surface area (Å²) in [5, 5.41) is 0. The molecule has 2 fully saturated rings. The molecule has 0 unspecified atom stereocenters. The minimum absolute atomic E-state index is 0.136. The van der Waals surface area contributed by atoms with Crippen molar-refractivity contribution in [1.82, 2.24) is 9.80 Å². The Hall–Kier alpha value is -1.59. The van der Waals surface area contributed by atoms with Crippen molar-refractivity contribution in [3.05, 3.63) is 29.8 Å². The summed E-state index contributed by atoms with van der Waals surface area (Å²) in [5.74, 6) is 1.30. The van der Waals surface area contributed by atoms with Crippen molar-refractivity contribution in [1.29, 1.82) is 0 Å². The lowest BCUT2D eigenvalue weighted by Gasteiger charge is -2.46. The molecule has 1 amide bonds. The van der Waals surface area contributed by atoms with Gasteiger partial charge in [0.1, 0.15) is 5.75 Å². The number of hydrogen-bond donors (Lipinski definition) is 0. The fraction of sp³-hybridized carbons (Fsp3) is 0.650. The van der Waals surface area contributed by atoms with E-state index in [9.17, 15) is 4.79 Å². The topological polar surface area (TPSA) is 42.0 Å². The third kappa shape index (κ3) is 3.98. The maximum Gasteiger partial charge on any atom is 0.228 e. The molecule has 0 bridgehead atoms. The van der Waals surface area contributed by atoms with Crippen LogP contribution in [0.15, 0.2) is 24.3 Å². The van der Waals surface area contributed by atoms with Gasteiger partial charge in [0.05, 0.1) is 19.1 Å². The zero-order chi connectivity index (χ0) is 17.7. The molecule has 2 saturated heterocycles. The van der Waals surface area contributed by atoms with Crippen LogP contribution in [-0.2, 0) is 16.1 Å². The zero-order valence-electron chi connectivity index (χ0n) is 15.5. The predicted molar refractivity (Wildman–Crippen MR) is 97.6 cm³/mol. The van der Waals surface area contributed by atoms with Gasteiger partial charge in [0.15, 0.2) is 0 Å². The second kappa shape index (κ2) is 8.19. The molecule has 2 aliphatic heterocycles. The maximum atomic E-state index is 13.0. The lowest BCUT2D eigenvalue weighted by molar-refractivity contribution is -0.150. The molecule has 5 heteroatoms. The van der Waals surface area contributed by atoms with Crippen LogP contribution in [0.1, 0.15) is 31.2 Å². The minimum atomic E-state index is -0.136. The molecule has 2 heterocycles. The Morgan fingerprint density at radius 3 is 2.56 bits per heavy atom. The van der Waals surface area contributed by atoms with E-state index in [0.717, 1.165) is 64.2 Å². The van der Waals surface area contributed by atoms with Crippen LogP contribution in [0.5, 0.6) is 5.75 Å². The molecule has 2 aliphatic rings. The van der Waals surface area contributed by atoms with Gasteiger partial charge in [0.2, 0.25) is 5.91 Å². The lowest BCUT2D eigenvalue weighted by atomic mass is 9.71. The van der Waals surface area contributed by atoms with Crippen molar-refractivity contribution in [3.63, 3.8) is 0 Å². The Kier molecular flexibility index (Phi) is 5.97. The first-order valence-corrected chi connectivity index (χ1v) is 9.31. The van der Waals surface area contributed by atoms with E-state index < -0.39 is 0 Å². The second-order valence-electron chi connectivity index (χ2n) is 7.26. The summed E-state index contributed by atoms with van der Waals surface area (Å²) < 4.78 is 10.6. The Balaban J connectivity index is 1.60. The summed E-state index contributed by atoms with van der Waals surface area (Å²) in [6, 6.07) is 8.20. The maximum absolute atomic E-state index is 13.0. The SMILES string of the molecule is COCCN1CCCC2(CCN(Cc3ccccc3OC)CC2)C1=O. The Labute approximate surface area is 150 Å². The van der Waals surface area contributed by atoms with E-state index in [1.807, 2.05) is 17.0 Å². The number of carbonyl (C=O) groups is 1. The summed E-state index contributed by atoms with van der Waals surface area (Å²) in [6.07, 6.45) is 4.08. The van der Waals surface area contributed by atoms with E-state index in [2.05, 4.69) is 17.0 Å². The molecule has 0 aliphatic carbocycles. The van der Waals surface area contributed by atoms with Crippen LogP contribution in [-0.4, -0.2) is 62.7 Å². The summed E-state index contributed by atoms with van der Waals surface area (Å²) in [6.45, 7) is 5.07. The first-order chi connectivity index (χ1) is 12.2. The number of methoxy groups -OCH3 is 2. The highest BCUT2D eigenvalue weighted by molar-refractivity contribution is 5.83. The number of hydrogen-bond acceptors (Lipinski definition) is 4. The molecular formula is C20H30N2O3. The van der Waals surface area contributed by atoms with Crippen LogP contribution in [0.3, 0.4) is 0 Å². The molecule has 1 aromatic carbocycles. The van der Waals surface area contributed by atoms with Crippen LogP contribution < -0.4 is 4.74 Å². The van der Waals surface area contributed by atoms with Crippen LogP contribution in [0, 0.1) is 5.41 Å². The number of piperidine rings is 2. The van der Waals surface area contributed by atoms with Gasteiger partial charge in [-0.05, 0) is 44.8 Å². The highest BCUT2D eigenvalue weighted by atomic mass is 16.5. The third-order valence-electron chi connectivity index (χ3n) is 5.79. The third-order valence-corrected chi connectivity index (χ3v) is 5.79. The summed E-state index contributed by atoms with van der Waals surface area (Å²) >= 11 is 0. The van der Waals surface area contributed by atoms with Gasteiger partial charge in [0.25, 0.3) is 0 Å². The van der Waals surface area contributed by atoms with Crippen molar-refractivity contribution in [2.75, 3.05) is 47.0 Å². The lowest BCUT2D eigenvalue weighted by Crippen LogP contribution is -2.54. The molecule has 1 aromatic rings. The van der Waals surface area contributed by atoms with E-state index >= 15 is 0 Å². The molecule has 1 spiro atoms. The van der Waals surface area contributed by atoms with Gasteiger partial charge >= 0.3 is 0 Å². The predicted octanol–water partition coefficient (Wildman–Crippen LogP) is 2.55. The fourth-order valence-electron chi connectivity index (χ4n) is 4.24. The molecule has 5 nitrogen and oxygen atoms in total. The molecule has 25 heavy (non-hydrogen) atoms. The van der Waals surface area contributed by atoms with E-state index in [4.69, 9.17) is 9.47 Å². The number of benzene rings is 1. The molecular weight excluding hydrogens is 316 g/mol. The first-order valence-electron chi connectivity index (χ1n) is 9.31. The highest BCUT2D eigenvalue weighted by Gasteiger charge is 2.45. The van der Waals surface area contributed by atoms with Crippen molar-refractivity contribution in [3.8, 4) is 5.75 Å². The first kappa shape index (κ1) is 18.2. The Bertz CT molecular complexity index is 582. The van der Waals surface area contributed by atoms with Crippen molar-refractivity contribution < 1.29 is 14.3 Å². The summed E-state index contributed by atoms with van der Waals surface area (Å²) in [5.41, 5.74) is 1.08. The molecule has 3 rings (SSSR count). The number of para-hydroxylation sites is 1. The number of amides is 1. The molecule has 0 saturated carbocycles. The van der Waals surface area contributed by atoms with Crippen LogP contribution >= 0.6 is 0 Å². The monoisotopic (exact) mass is 346 g/mol. The van der Waals surface area contributed by atoms with Gasteiger partial charge in [-0.25, -0.2) is 0 Å². The Morgan fingerprint density at radius 2 is 1.84 bits per heavy atom. The second-order valence-corrected chi connectivity index (χ2v) is 7.26. The van der Waals surface area contributed by atoms with Gasteiger partial charge in [-0.15, -0.1) is 0 Å². The molecule has 0 aromatic heterocycles. The number of ether oxygens (including phenoxy) is 2. The van der Waals surface area contributed by atoms with Crippen LogP contribution in [0.4, 0.5) is 0 Å². The van der Waals surface area contributed by atoms with Crippen molar-refractivity contribution in [2.45, 2.75) is 32.2 Å². The Morgan fingerprint density at radius 1 is 1.08 bits per heavy atom. The molecule has 0 atom stereocenters. The number of nitrogens with zero attached hydrogens (tertiary/aromatic N) is 2. The standard InChI is InChI=1S/C20H30N2O3/c1-24-15-14-22-11-5-8-20(19(22)23)9-12-21(13-10-20)16-17-6-3-4-7-18(17)25-2/h3-4,6-7H,5,8-16H2,1-2H3. The smallest absolute Gasteiger partial charge is 0.228 e. The summed E-state index contributed by atoms with van der Waals surface area (Å²) in [4.78, 5) is 17.5. The van der Waals surface area contributed by atoms with Gasteiger partial charge in [-0.3, -0.25) is 9.69 Å². The fourth-order valence-corrected chi connectivity index (χ4v) is 4.24. The van der Waals surface area contributed by atoms with Gasteiger partial charge in [0, 0.05) is 32.3 Å². The molecule has 138 valence electrons. The average molecular weight is 346 g/mol. The highest BCUT2D eigenvalue weighted by Crippen LogP contribution is 2.41.